The quantitative estimate of drug-likeness (QED) is 0.211. The Morgan fingerprint density at radius 2 is 1.42 bits per heavy atom. The zero-order valence-electron chi connectivity index (χ0n) is 20.3. The van der Waals surface area contributed by atoms with Crippen molar-refractivity contribution in [2.75, 3.05) is 0 Å². The minimum atomic E-state index is -0.375. The summed E-state index contributed by atoms with van der Waals surface area (Å²) >= 11 is 0. The van der Waals surface area contributed by atoms with E-state index < -0.39 is 0 Å². The van der Waals surface area contributed by atoms with E-state index in [-0.39, 0.29) is 32.3 Å². The van der Waals surface area contributed by atoms with Crippen molar-refractivity contribution in [2.45, 2.75) is 32.5 Å². The van der Waals surface area contributed by atoms with Gasteiger partial charge >= 0.3 is 0 Å². The maximum atomic E-state index is 8.56. The van der Waals surface area contributed by atoms with Gasteiger partial charge in [-0.2, -0.15) is 0 Å². The first-order valence-electron chi connectivity index (χ1n) is 11.8. The van der Waals surface area contributed by atoms with Crippen LogP contribution in [0, 0.1) is 6.07 Å². The summed E-state index contributed by atoms with van der Waals surface area (Å²) in [5, 5.41) is 19.5. The van der Waals surface area contributed by atoms with Gasteiger partial charge in [0.1, 0.15) is 0 Å². The third-order valence-electron chi connectivity index (χ3n) is 5.53. The number of rotatable bonds is 5. The van der Waals surface area contributed by atoms with Gasteiger partial charge in [0.15, 0.2) is 0 Å². The van der Waals surface area contributed by atoms with Crippen molar-refractivity contribution >= 4 is 10.8 Å². The average molecular weight is 654 g/mol. The van der Waals surface area contributed by atoms with Gasteiger partial charge in [-0.15, -0.1) is 35.9 Å². The van der Waals surface area contributed by atoms with Gasteiger partial charge in [-0.05, 0) is 31.0 Å². The zero-order valence-corrected chi connectivity index (χ0v) is 22.7. The van der Waals surface area contributed by atoms with E-state index in [0.29, 0.717) is 6.42 Å². The summed E-state index contributed by atoms with van der Waals surface area (Å²) in [6.45, 7) is 3.32. The molecule has 36 heavy (non-hydrogen) atoms. The fraction of sp³-hybridized carbons (Fsp3) is 0.161. The van der Waals surface area contributed by atoms with Crippen LogP contribution < -0.4 is 0 Å². The van der Waals surface area contributed by atoms with E-state index in [2.05, 4.69) is 60.7 Å². The largest absolute Gasteiger partial charge is 0.393 e. The Balaban J connectivity index is 0.000000400. The topological polar surface area (TPSA) is 66.2 Å². The van der Waals surface area contributed by atoms with E-state index >= 15 is 0 Å². The van der Waals surface area contributed by atoms with Crippen LogP contribution in [0.4, 0.5) is 0 Å². The van der Waals surface area contributed by atoms with Crippen LogP contribution in [-0.4, -0.2) is 32.4 Å². The molecule has 1 radical (unpaired) electrons. The van der Waals surface area contributed by atoms with Crippen LogP contribution in [0.5, 0.6) is 0 Å². The molecule has 1 heterocycles. The molecule has 5 aromatic rings. The maximum Gasteiger partial charge on any atom is 0.0873 e. The molecule has 2 unspecified atom stereocenters. The first-order chi connectivity index (χ1) is 17.0. The maximum absolute atomic E-state index is 8.56. The predicted octanol–water partition coefficient (Wildman–Crippen LogP) is 6.57. The Labute approximate surface area is 226 Å². The van der Waals surface area contributed by atoms with Crippen molar-refractivity contribution in [1.82, 2.24) is 9.97 Å². The predicted molar refractivity (Wildman–Crippen MR) is 143 cm³/mol. The first-order valence-corrected chi connectivity index (χ1v) is 11.8. The molecule has 0 amide bonds. The van der Waals surface area contributed by atoms with E-state index in [9.17, 15) is 0 Å². The molecule has 2 N–H and O–H groups in total. The molecule has 0 aliphatic heterocycles. The van der Waals surface area contributed by atoms with Gasteiger partial charge in [0.05, 0.1) is 23.6 Å². The van der Waals surface area contributed by atoms with E-state index in [1.165, 1.54) is 10.8 Å². The van der Waals surface area contributed by atoms with Crippen LogP contribution in [0.1, 0.15) is 20.3 Å². The Hall–Kier alpha value is -3.21. The SMILES string of the molecule is CC(O)CC(C)O.[Ir].[c-]1ccccc1-c1ncc(-c2ccccc2)nc1-c1cccc2ccccc12. The van der Waals surface area contributed by atoms with Crippen molar-refractivity contribution in [3.63, 3.8) is 0 Å². The monoisotopic (exact) mass is 654 g/mol. The Morgan fingerprint density at radius 3 is 2.08 bits per heavy atom. The molecule has 5 heteroatoms. The molecule has 0 bridgehead atoms. The standard InChI is InChI=1S/C26H17N2.C5H12O2.Ir/c1-3-11-20(12-4-1)24-18-27-25(21-13-5-2-6-14-21)26(28-24)23-17-9-15-19-10-7-8-16-22(19)23;1-4(6)3-5(2)7;/h1-13,15-18H;4-7H,3H2,1-2H3;/q-1;;. The zero-order chi connectivity index (χ0) is 24.6. The number of hydrogen-bond donors (Lipinski definition) is 2. The molecular formula is C31H29IrN2O2-. The van der Waals surface area contributed by atoms with Crippen LogP contribution >= 0.6 is 0 Å². The number of aromatic nitrogens is 2. The van der Waals surface area contributed by atoms with Crippen molar-refractivity contribution in [1.29, 1.82) is 0 Å². The van der Waals surface area contributed by atoms with Gasteiger partial charge in [-0.25, -0.2) is 0 Å². The number of benzene rings is 4. The fourth-order valence-electron chi connectivity index (χ4n) is 3.99. The molecule has 0 spiro atoms. The van der Waals surface area contributed by atoms with Crippen LogP contribution in [-0.2, 0) is 20.1 Å². The summed E-state index contributed by atoms with van der Waals surface area (Å²) in [6.07, 6.45) is 1.57. The average Bonchev–Trinajstić information content (AvgIpc) is 2.89. The van der Waals surface area contributed by atoms with Gasteiger partial charge in [-0.1, -0.05) is 72.8 Å². The van der Waals surface area contributed by atoms with Gasteiger partial charge < -0.3 is 15.2 Å². The Kier molecular flexibility index (Phi) is 10.0. The molecule has 0 saturated heterocycles. The summed E-state index contributed by atoms with van der Waals surface area (Å²) in [4.78, 5) is 9.87. The summed E-state index contributed by atoms with van der Waals surface area (Å²) in [5.74, 6) is 0. The van der Waals surface area contributed by atoms with Gasteiger partial charge in [0.2, 0.25) is 0 Å². The van der Waals surface area contributed by atoms with Crippen molar-refractivity contribution in [3.8, 4) is 33.8 Å². The molecule has 185 valence electrons. The molecule has 0 aliphatic rings. The van der Waals surface area contributed by atoms with Gasteiger partial charge in [-0.3, -0.25) is 4.98 Å². The number of fused-ring (bicyclic) bond motifs is 1. The van der Waals surface area contributed by atoms with E-state index in [1.54, 1.807) is 13.8 Å². The normalized spacial score (nSPS) is 12.1. The Morgan fingerprint density at radius 1 is 0.750 bits per heavy atom. The molecule has 2 atom stereocenters. The molecular weight excluding hydrogens is 625 g/mol. The molecule has 4 nitrogen and oxygen atoms in total. The molecule has 0 saturated carbocycles. The number of hydrogen-bond acceptors (Lipinski definition) is 4. The molecule has 0 aliphatic carbocycles. The number of aliphatic hydroxyl groups excluding tert-OH is 2. The molecule has 1 aromatic heterocycles. The summed E-state index contributed by atoms with van der Waals surface area (Å²) < 4.78 is 0. The minimum absolute atomic E-state index is 0. The van der Waals surface area contributed by atoms with Crippen LogP contribution in [0.3, 0.4) is 0 Å². The molecule has 4 aromatic carbocycles. The summed E-state index contributed by atoms with van der Waals surface area (Å²) in [5.41, 5.74) is 5.66. The fourth-order valence-corrected chi connectivity index (χ4v) is 3.99. The number of nitrogens with zero attached hydrogens (tertiary/aromatic N) is 2. The van der Waals surface area contributed by atoms with Crippen molar-refractivity contribution < 1.29 is 30.3 Å². The first kappa shape index (κ1) is 27.4. The summed E-state index contributed by atoms with van der Waals surface area (Å²) in [7, 11) is 0. The smallest absolute Gasteiger partial charge is 0.0873 e. The van der Waals surface area contributed by atoms with Gasteiger partial charge in [0.25, 0.3) is 0 Å². The second-order valence-electron chi connectivity index (χ2n) is 8.56. The third-order valence-corrected chi connectivity index (χ3v) is 5.53. The third kappa shape index (κ3) is 6.93. The van der Waals surface area contributed by atoms with E-state index in [0.717, 1.165) is 33.8 Å². The Bertz CT molecular complexity index is 1360. The second-order valence-corrected chi connectivity index (χ2v) is 8.56. The van der Waals surface area contributed by atoms with Crippen molar-refractivity contribution in [3.05, 3.63) is 109 Å². The van der Waals surface area contributed by atoms with Gasteiger partial charge in [0, 0.05) is 43.1 Å². The van der Waals surface area contributed by atoms with Crippen molar-refractivity contribution in [2.24, 2.45) is 0 Å². The number of aliphatic hydroxyl groups is 2. The summed E-state index contributed by atoms with van der Waals surface area (Å²) in [6, 6.07) is 36.1. The van der Waals surface area contributed by atoms with Crippen LogP contribution in [0.25, 0.3) is 44.5 Å². The van der Waals surface area contributed by atoms with E-state index in [1.807, 2.05) is 48.7 Å². The van der Waals surface area contributed by atoms with Crippen LogP contribution in [0.15, 0.2) is 103 Å². The second kappa shape index (κ2) is 13.2. The van der Waals surface area contributed by atoms with E-state index in [4.69, 9.17) is 20.2 Å². The van der Waals surface area contributed by atoms with Crippen LogP contribution in [0.2, 0.25) is 0 Å². The minimum Gasteiger partial charge on any atom is -0.393 e. The molecule has 0 fully saturated rings. The molecule has 5 rings (SSSR count).